The van der Waals surface area contributed by atoms with Crippen LogP contribution < -0.4 is 10.2 Å². The number of amides is 1. The highest BCUT2D eigenvalue weighted by Crippen LogP contribution is 2.32. The van der Waals surface area contributed by atoms with Gasteiger partial charge in [0, 0.05) is 30.2 Å². The molecule has 6 rings (SSSR count). The van der Waals surface area contributed by atoms with E-state index in [-0.39, 0.29) is 12.5 Å². The van der Waals surface area contributed by atoms with Crippen LogP contribution in [0.3, 0.4) is 0 Å². The third-order valence-corrected chi connectivity index (χ3v) is 7.25. The van der Waals surface area contributed by atoms with Crippen LogP contribution in [0.2, 0.25) is 0 Å². The molecular formula is C30H28N6O3. The summed E-state index contributed by atoms with van der Waals surface area (Å²) in [4.78, 5) is 29.4. The van der Waals surface area contributed by atoms with Crippen molar-refractivity contribution in [2.75, 3.05) is 37.8 Å². The van der Waals surface area contributed by atoms with E-state index in [2.05, 4.69) is 21.3 Å². The molecule has 0 unspecified atom stereocenters. The number of rotatable bonds is 5. The lowest BCUT2D eigenvalue weighted by molar-refractivity contribution is 0.0757. The average molecular weight is 521 g/mol. The summed E-state index contributed by atoms with van der Waals surface area (Å²) in [6.45, 7) is 5.88. The summed E-state index contributed by atoms with van der Waals surface area (Å²) in [6.07, 6.45) is 1.77. The SMILES string of the molecule is C[C@@]1(C#N)COCc2ccc(C(=O)NCc3cc4nc(-c5cccc(N6CCOCC6)n5)ccc4cn3)cc21. The Hall–Kier alpha value is -4.39. The van der Waals surface area contributed by atoms with Gasteiger partial charge in [-0.1, -0.05) is 12.1 Å². The van der Waals surface area contributed by atoms with E-state index >= 15 is 0 Å². The van der Waals surface area contributed by atoms with Gasteiger partial charge < -0.3 is 19.7 Å². The number of nitrogens with zero attached hydrogens (tertiary/aromatic N) is 5. The van der Waals surface area contributed by atoms with Crippen molar-refractivity contribution in [2.24, 2.45) is 0 Å². The highest BCUT2D eigenvalue weighted by atomic mass is 16.5. The monoisotopic (exact) mass is 520 g/mol. The van der Waals surface area contributed by atoms with Gasteiger partial charge in [0.2, 0.25) is 0 Å². The van der Waals surface area contributed by atoms with Crippen LogP contribution in [0.5, 0.6) is 0 Å². The summed E-state index contributed by atoms with van der Waals surface area (Å²) in [5, 5.41) is 13.5. The summed E-state index contributed by atoms with van der Waals surface area (Å²) in [5.74, 6) is 0.693. The standard InChI is InChI=1S/C30H28N6O3/c1-30(18-31)19-39-17-22-6-5-20(13-24(22)30)29(37)33-16-23-14-27-21(15-32-23)7-8-26(34-27)25-3-2-4-28(35-25)36-9-11-38-12-10-36/h2-8,13-15H,9-12,16-17,19H2,1H3,(H,33,37)/t30-/m1/s1. The maximum atomic E-state index is 13.0. The third kappa shape index (κ3) is 5.04. The molecule has 0 aliphatic carbocycles. The lowest BCUT2D eigenvalue weighted by Crippen LogP contribution is -2.36. The highest BCUT2D eigenvalue weighted by molar-refractivity contribution is 5.94. The minimum absolute atomic E-state index is 0.225. The van der Waals surface area contributed by atoms with Crippen molar-refractivity contribution in [3.63, 3.8) is 0 Å². The molecular weight excluding hydrogens is 492 g/mol. The van der Waals surface area contributed by atoms with Gasteiger partial charge in [0.25, 0.3) is 5.91 Å². The van der Waals surface area contributed by atoms with Gasteiger partial charge in [-0.25, -0.2) is 9.97 Å². The lowest BCUT2D eigenvalue weighted by atomic mass is 9.79. The van der Waals surface area contributed by atoms with E-state index < -0.39 is 5.41 Å². The maximum Gasteiger partial charge on any atom is 0.251 e. The number of pyridine rings is 3. The van der Waals surface area contributed by atoms with E-state index in [0.717, 1.165) is 52.3 Å². The van der Waals surface area contributed by atoms with Crippen molar-refractivity contribution in [3.8, 4) is 17.5 Å². The van der Waals surface area contributed by atoms with Crippen molar-refractivity contribution in [1.82, 2.24) is 20.3 Å². The second-order valence-corrected chi connectivity index (χ2v) is 10.0. The molecule has 1 N–H and O–H groups in total. The Morgan fingerprint density at radius 2 is 1.92 bits per heavy atom. The van der Waals surface area contributed by atoms with Gasteiger partial charge in [-0.3, -0.25) is 9.78 Å². The van der Waals surface area contributed by atoms with Crippen molar-refractivity contribution in [2.45, 2.75) is 25.5 Å². The van der Waals surface area contributed by atoms with E-state index in [9.17, 15) is 10.1 Å². The van der Waals surface area contributed by atoms with Crippen molar-refractivity contribution in [1.29, 1.82) is 5.26 Å². The molecule has 9 nitrogen and oxygen atoms in total. The number of anilines is 1. The zero-order chi connectivity index (χ0) is 26.8. The summed E-state index contributed by atoms with van der Waals surface area (Å²) in [5.41, 5.74) is 4.56. The summed E-state index contributed by atoms with van der Waals surface area (Å²) >= 11 is 0. The first-order chi connectivity index (χ1) is 19.0. The molecule has 9 heteroatoms. The molecule has 0 spiro atoms. The van der Waals surface area contributed by atoms with Crippen molar-refractivity contribution >= 4 is 22.6 Å². The van der Waals surface area contributed by atoms with E-state index in [4.69, 9.17) is 19.4 Å². The van der Waals surface area contributed by atoms with E-state index in [1.807, 2.05) is 49.4 Å². The maximum absolute atomic E-state index is 13.0. The third-order valence-electron chi connectivity index (χ3n) is 7.25. The second-order valence-electron chi connectivity index (χ2n) is 10.0. The zero-order valence-corrected chi connectivity index (χ0v) is 21.7. The van der Waals surface area contributed by atoms with Crippen LogP contribution in [0.25, 0.3) is 22.3 Å². The molecule has 0 bridgehead atoms. The fourth-order valence-electron chi connectivity index (χ4n) is 5.00. The molecule has 3 aromatic heterocycles. The van der Waals surface area contributed by atoms with Gasteiger partial charge >= 0.3 is 0 Å². The van der Waals surface area contributed by atoms with Crippen molar-refractivity contribution < 1.29 is 14.3 Å². The van der Waals surface area contributed by atoms with Crippen LogP contribution in [0.15, 0.2) is 60.8 Å². The first kappa shape index (κ1) is 24.9. The molecule has 196 valence electrons. The topological polar surface area (TPSA) is 113 Å². The predicted octanol–water partition coefficient (Wildman–Crippen LogP) is 3.77. The smallest absolute Gasteiger partial charge is 0.251 e. The number of fused-ring (bicyclic) bond motifs is 2. The molecule has 4 aromatic rings. The lowest BCUT2D eigenvalue weighted by Gasteiger charge is -2.30. The molecule has 2 aliphatic heterocycles. The minimum Gasteiger partial charge on any atom is -0.378 e. The Bertz CT molecular complexity index is 1590. The number of morpholine rings is 1. The number of carbonyl (C=O) groups is 1. The Kier molecular flexibility index (Phi) is 6.65. The van der Waals surface area contributed by atoms with E-state index in [0.29, 0.717) is 37.7 Å². The van der Waals surface area contributed by atoms with Crippen LogP contribution in [-0.2, 0) is 28.0 Å². The molecule has 1 atom stereocenters. The number of hydrogen-bond donors (Lipinski definition) is 1. The second kappa shape index (κ2) is 10.4. The molecule has 1 aromatic carbocycles. The quantitative estimate of drug-likeness (QED) is 0.423. The number of carbonyl (C=O) groups excluding carboxylic acids is 1. The molecule has 0 radical (unpaired) electrons. The largest absolute Gasteiger partial charge is 0.378 e. The summed E-state index contributed by atoms with van der Waals surface area (Å²) in [6, 6.07) is 19.6. The number of benzene rings is 1. The molecule has 1 fully saturated rings. The van der Waals surface area contributed by atoms with E-state index in [1.165, 1.54) is 0 Å². The van der Waals surface area contributed by atoms with Crippen LogP contribution >= 0.6 is 0 Å². The summed E-state index contributed by atoms with van der Waals surface area (Å²) in [7, 11) is 0. The number of nitrogens with one attached hydrogen (secondary N) is 1. The Labute approximate surface area is 226 Å². The van der Waals surface area contributed by atoms with Gasteiger partial charge in [-0.15, -0.1) is 0 Å². The molecule has 0 saturated carbocycles. The average Bonchev–Trinajstić information content (AvgIpc) is 3.00. The van der Waals surface area contributed by atoms with Gasteiger partial charge in [-0.2, -0.15) is 5.26 Å². The molecule has 1 saturated heterocycles. The Morgan fingerprint density at radius 1 is 1.08 bits per heavy atom. The Balaban J connectivity index is 1.19. The first-order valence-electron chi connectivity index (χ1n) is 13.0. The highest BCUT2D eigenvalue weighted by Gasteiger charge is 2.33. The van der Waals surface area contributed by atoms with Crippen molar-refractivity contribution in [3.05, 3.63) is 83.2 Å². The van der Waals surface area contributed by atoms with Crippen LogP contribution in [-0.4, -0.2) is 53.8 Å². The van der Waals surface area contributed by atoms with Gasteiger partial charge in [0.1, 0.15) is 11.2 Å². The summed E-state index contributed by atoms with van der Waals surface area (Å²) < 4.78 is 11.0. The zero-order valence-electron chi connectivity index (χ0n) is 21.7. The predicted molar refractivity (Wildman–Crippen MR) is 146 cm³/mol. The van der Waals surface area contributed by atoms with Gasteiger partial charge in [0.15, 0.2) is 0 Å². The van der Waals surface area contributed by atoms with Gasteiger partial charge in [-0.05, 0) is 60.5 Å². The molecule has 2 aliphatic rings. The molecule has 39 heavy (non-hydrogen) atoms. The number of aromatic nitrogens is 3. The number of ether oxygens (including phenoxy) is 2. The Morgan fingerprint density at radius 3 is 2.77 bits per heavy atom. The van der Waals surface area contributed by atoms with Crippen LogP contribution in [0.4, 0.5) is 5.82 Å². The fraction of sp³-hybridized carbons (Fsp3) is 0.300. The van der Waals surface area contributed by atoms with Crippen LogP contribution in [0, 0.1) is 11.3 Å². The van der Waals surface area contributed by atoms with Crippen LogP contribution in [0.1, 0.15) is 34.1 Å². The fourth-order valence-corrected chi connectivity index (χ4v) is 5.00. The number of hydrogen-bond acceptors (Lipinski definition) is 8. The van der Waals surface area contributed by atoms with Gasteiger partial charge in [0.05, 0.1) is 61.6 Å². The van der Waals surface area contributed by atoms with E-state index in [1.54, 1.807) is 18.3 Å². The number of nitriles is 1. The first-order valence-corrected chi connectivity index (χ1v) is 13.0. The normalized spacial score (nSPS) is 18.8. The molecule has 1 amide bonds. The minimum atomic E-state index is -0.774. The molecule has 5 heterocycles.